The average molecular weight is 319 g/mol. The molecule has 0 spiro atoms. The topological polar surface area (TPSA) is 57.6 Å². The van der Waals surface area contributed by atoms with Gasteiger partial charge in [0.2, 0.25) is 0 Å². The normalized spacial score (nSPS) is 11.4. The van der Waals surface area contributed by atoms with Crippen LogP contribution in [0.4, 0.5) is 5.69 Å². The Bertz CT molecular complexity index is 741. The molecule has 0 heterocycles. The number of rotatable bonds is 6. The smallest absolute Gasteiger partial charge is 0.294 e. The molecule has 1 N–H and O–H groups in total. The third kappa shape index (κ3) is 3.87. The summed E-state index contributed by atoms with van der Waals surface area (Å²) in [5.41, 5.74) is 2.87. The number of nitrogens with zero attached hydrogens (tertiary/aromatic N) is 1. The SMILES string of the molecule is CCc1cccc(N(CC)Cc2ccccc2S(=O)(=O)O)c1. The molecule has 0 fully saturated rings. The molecule has 0 amide bonds. The van der Waals surface area contributed by atoms with E-state index >= 15 is 0 Å². The largest absolute Gasteiger partial charge is 0.367 e. The molecule has 0 atom stereocenters. The van der Waals surface area contributed by atoms with Gasteiger partial charge in [0, 0.05) is 18.8 Å². The predicted molar refractivity (Wildman–Crippen MR) is 88.8 cm³/mol. The fourth-order valence-corrected chi connectivity index (χ4v) is 3.16. The highest BCUT2D eigenvalue weighted by atomic mass is 32.2. The molecule has 5 heteroatoms. The molecule has 22 heavy (non-hydrogen) atoms. The van der Waals surface area contributed by atoms with Crippen molar-refractivity contribution in [1.82, 2.24) is 0 Å². The second kappa shape index (κ2) is 6.94. The van der Waals surface area contributed by atoms with Crippen molar-refractivity contribution in [3.05, 3.63) is 59.7 Å². The van der Waals surface area contributed by atoms with Gasteiger partial charge in [0.25, 0.3) is 10.1 Å². The highest BCUT2D eigenvalue weighted by Gasteiger charge is 2.16. The van der Waals surface area contributed by atoms with E-state index in [-0.39, 0.29) is 4.90 Å². The van der Waals surface area contributed by atoms with Crippen LogP contribution in [0.5, 0.6) is 0 Å². The molecule has 0 saturated heterocycles. The first kappa shape index (κ1) is 16.5. The Labute approximate surface area is 132 Å². The standard InChI is InChI=1S/C17H21NO3S/c1-3-14-8-7-10-16(12-14)18(4-2)13-15-9-5-6-11-17(15)22(19,20)21/h5-12H,3-4,13H2,1-2H3,(H,19,20,21). The second-order valence-electron chi connectivity index (χ2n) is 5.12. The maximum Gasteiger partial charge on any atom is 0.294 e. The minimum Gasteiger partial charge on any atom is -0.367 e. The number of benzene rings is 2. The molecule has 118 valence electrons. The van der Waals surface area contributed by atoms with Gasteiger partial charge in [0.05, 0.1) is 4.90 Å². The van der Waals surface area contributed by atoms with Crippen molar-refractivity contribution >= 4 is 15.8 Å². The Balaban J connectivity index is 2.35. The Morgan fingerprint density at radius 1 is 1.05 bits per heavy atom. The molecule has 0 aliphatic rings. The minimum atomic E-state index is -4.21. The third-order valence-electron chi connectivity index (χ3n) is 3.68. The lowest BCUT2D eigenvalue weighted by Crippen LogP contribution is -2.23. The van der Waals surface area contributed by atoms with E-state index in [1.807, 2.05) is 19.1 Å². The van der Waals surface area contributed by atoms with Crippen molar-refractivity contribution in [3.63, 3.8) is 0 Å². The van der Waals surface area contributed by atoms with Gasteiger partial charge < -0.3 is 4.90 Å². The van der Waals surface area contributed by atoms with Crippen LogP contribution < -0.4 is 4.90 Å². The van der Waals surface area contributed by atoms with Crippen LogP contribution in [0.2, 0.25) is 0 Å². The van der Waals surface area contributed by atoms with E-state index in [2.05, 4.69) is 24.0 Å². The van der Waals surface area contributed by atoms with Crippen LogP contribution in [-0.2, 0) is 23.1 Å². The molecular weight excluding hydrogens is 298 g/mol. The molecular formula is C17H21NO3S. The van der Waals surface area contributed by atoms with E-state index in [0.717, 1.165) is 18.7 Å². The van der Waals surface area contributed by atoms with Gasteiger partial charge in [-0.25, -0.2) is 0 Å². The molecule has 0 aliphatic carbocycles. The lowest BCUT2D eigenvalue weighted by molar-refractivity contribution is 0.482. The molecule has 2 aromatic rings. The molecule has 4 nitrogen and oxygen atoms in total. The van der Waals surface area contributed by atoms with Crippen LogP contribution in [0.25, 0.3) is 0 Å². The van der Waals surface area contributed by atoms with Crippen molar-refractivity contribution in [2.75, 3.05) is 11.4 Å². The predicted octanol–water partition coefficient (Wildman–Crippen LogP) is 3.52. The Morgan fingerprint density at radius 3 is 2.41 bits per heavy atom. The van der Waals surface area contributed by atoms with Crippen molar-refractivity contribution < 1.29 is 13.0 Å². The van der Waals surface area contributed by atoms with Gasteiger partial charge in [-0.3, -0.25) is 4.55 Å². The molecule has 0 unspecified atom stereocenters. The summed E-state index contributed by atoms with van der Waals surface area (Å²) in [6, 6.07) is 14.8. The number of anilines is 1. The van der Waals surface area contributed by atoms with E-state index in [0.29, 0.717) is 12.1 Å². The summed E-state index contributed by atoms with van der Waals surface area (Å²) in [4.78, 5) is 2.06. The zero-order valence-corrected chi connectivity index (χ0v) is 13.7. The van der Waals surface area contributed by atoms with E-state index in [4.69, 9.17) is 0 Å². The summed E-state index contributed by atoms with van der Waals surface area (Å²) >= 11 is 0. The van der Waals surface area contributed by atoms with Crippen molar-refractivity contribution in [2.45, 2.75) is 31.7 Å². The Hall–Kier alpha value is -1.85. The van der Waals surface area contributed by atoms with E-state index in [1.165, 1.54) is 11.6 Å². The van der Waals surface area contributed by atoms with Crippen LogP contribution in [-0.4, -0.2) is 19.5 Å². The number of hydrogen-bond acceptors (Lipinski definition) is 3. The van der Waals surface area contributed by atoms with Crippen molar-refractivity contribution in [1.29, 1.82) is 0 Å². The quantitative estimate of drug-likeness (QED) is 0.828. The first-order valence-electron chi connectivity index (χ1n) is 7.35. The van der Waals surface area contributed by atoms with Crippen molar-refractivity contribution in [3.8, 4) is 0 Å². The minimum absolute atomic E-state index is 0.0277. The van der Waals surface area contributed by atoms with Gasteiger partial charge in [-0.15, -0.1) is 0 Å². The second-order valence-corrected chi connectivity index (χ2v) is 6.51. The molecule has 0 aromatic heterocycles. The molecule has 2 aromatic carbocycles. The highest BCUT2D eigenvalue weighted by molar-refractivity contribution is 7.85. The third-order valence-corrected chi connectivity index (χ3v) is 4.63. The molecule has 0 aliphatic heterocycles. The van der Waals surface area contributed by atoms with Crippen LogP contribution >= 0.6 is 0 Å². The number of hydrogen-bond donors (Lipinski definition) is 1. The zero-order chi connectivity index (χ0) is 16.2. The summed E-state index contributed by atoms with van der Waals surface area (Å²) < 4.78 is 32.4. The lowest BCUT2D eigenvalue weighted by atomic mass is 10.1. The maximum atomic E-state index is 11.5. The van der Waals surface area contributed by atoms with Gasteiger partial charge in [-0.2, -0.15) is 8.42 Å². The van der Waals surface area contributed by atoms with Crippen LogP contribution in [0.1, 0.15) is 25.0 Å². The van der Waals surface area contributed by atoms with Crippen LogP contribution in [0.15, 0.2) is 53.4 Å². The van der Waals surface area contributed by atoms with Crippen LogP contribution in [0, 0.1) is 0 Å². The average Bonchev–Trinajstić information content (AvgIpc) is 2.52. The Morgan fingerprint density at radius 2 is 1.77 bits per heavy atom. The van der Waals surface area contributed by atoms with Gasteiger partial charge in [0.1, 0.15) is 0 Å². The lowest BCUT2D eigenvalue weighted by Gasteiger charge is -2.24. The summed E-state index contributed by atoms with van der Waals surface area (Å²) in [6.45, 7) is 5.30. The van der Waals surface area contributed by atoms with Gasteiger partial charge in [-0.05, 0) is 42.7 Å². The molecule has 2 rings (SSSR count). The maximum absolute atomic E-state index is 11.5. The Kier molecular flexibility index (Phi) is 5.21. The summed E-state index contributed by atoms with van der Waals surface area (Å²) in [6.07, 6.45) is 0.951. The zero-order valence-electron chi connectivity index (χ0n) is 12.9. The van der Waals surface area contributed by atoms with Gasteiger partial charge in [-0.1, -0.05) is 37.3 Å². The van der Waals surface area contributed by atoms with Gasteiger partial charge in [0.15, 0.2) is 0 Å². The van der Waals surface area contributed by atoms with E-state index in [1.54, 1.807) is 18.2 Å². The molecule has 0 bridgehead atoms. The molecule has 0 radical (unpaired) electrons. The van der Waals surface area contributed by atoms with Crippen molar-refractivity contribution in [2.24, 2.45) is 0 Å². The molecule has 0 saturated carbocycles. The monoisotopic (exact) mass is 319 g/mol. The van der Waals surface area contributed by atoms with Crippen LogP contribution in [0.3, 0.4) is 0 Å². The van der Waals surface area contributed by atoms with Gasteiger partial charge >= 0.3 is 0 Å². The summed E-state index contributed by atoms with van der Waals surface area (Å²) in [7, 11) is -4.21. The highest BCUT2D eigenvalue weighted by Crippen LogP contribution is 2.22. The van der Waals surface area contributed by atoms with E-state index in [9.17, 15) is 13.0 Å². The first-order valence-corrected chi connectivity index (χ1v) is 8.79. The summed E-state index contributed by atoms with van der Waals surface area (Å²) in [5.74, 6) is 0. The van der Waals surface area contributed by atoms with E-state index < -0.39 is 10.1 Å². The fraction of sp³-hybridized carbons (Fsp3) is 0.294. The number of aryl methyl sites for hydroxylation is 1. The fourth-order valence-electron chi connectivity index (χ4n) is 2.45. The first-order chi connectivity index (χ1) is 10.5. The summed E-state index contributed by atoms with van der Waals surface area (Å²) in [5, 5.41) is 0.